The molecule has 0 amide bonds. The van der Waals surface area contributed by atoms with Gasteiger partial charge in [-0.25, -0.2) is 0 Å². The van der Waals surface area contributed by atoms with E-state index < -0.39 is 0 Å². The summed E-state index contributed by atoms with van der Waals surface area (Å²) in [6.45, 7) is 0. The second-order valence-corrected chi connectivity index (χ2v) is 7.05. The number of benzene rings is 1. The number of aromatic nitrogens is 3. The van der Waals surface area contributed by atoms with Crippen molar-refractivity contribution in [3.8, 4) is 5.69 Å². The lowest BCUT2D eigenvalue weighted by Crippen LogP contribution is -2.02. The molecule has 104 valence electrons. The summed E-state index contributed by atoms with van der Waals surface area (Å²) in [7, 11) is 0. The van der Waals surface area contributed by atoms with E-state index in [1.165, 1.54) is 25.7 Å². The van der Waals surface area contributed by atoms with Gasteiger partial charge in [0, 0.05) is 10.4 Å². The van der Waals surface area contributed by atoms with Gasteiger partial charge in [-0.1, -0.05) is 25.0 Å². The van der Waals surface area contributed by atoms with Gasteiger partial charge in [0.2, 0.25) is 0 Å². The van der Waals surface area contributed by atoms with E-state index in [1.54, 1.807) is 0 Å². The van der Waals surface area contributed by atoms with E-state index in [0.29, 0.717) is 10.7 Å². The maximum atomic E-state index is 5.45. The Morgan fingerprint density at radius 1 is 1.20 bits per heavy atom. The molecule has 2 aliphatic carbocycles. The summed E-state index contributed by atoms with van der Waals surface area (Å²) in [5.74, 6) is 3.38. The van der Waals surface area contributed by atoms with Crippen LogP contribution >= 0.6 is 28.1 Å². The lowest BCUT2D eigenvalue weighted by Gasteiger charge is -2.08. The van der Waals surface area contributed by atoms with Crippen molar-refractivity contribution in [2.75, 3.05) is 0 Å². The first kappa shape index (κ1) is 12.8. The van der Waals surface area contributed by atoms with Crippen LogP contribution in [0.4, 0.5) is 0 Å². The van der Waals surface area contributed by atoms with Crippen molar-refractivity contribution in [3.05, 3.63) is 39.3 Å². The van der Waals surface area contributed by atoms with E-state index >= 15 is 0 Å². The Balaban J connectivity index is 1.80. The van der Waals surface area contributed by atoms with Gasteiger partial charge in [-0.2, -0.15) is 5.10 Å². The summed E-state index contributed by atoms with van der Waals surface area (Å²) in [5.41, 5.74) is 1.09. The minimum absolute atomic E-state index is 0.595. The maximum Gasteiger partial charge on any atom is 0.199 e. The van der Waals surface area contributed by atoms with Gasteiger partial charge in [-0.3, -0.25) is 9.67 Å². The van der Waals surface area contributed by atoms with Gasteiger partial charge in [0.25, 0.3) is 0 Å². The number of nitrogens with zero attached hydrogens (tertiary/aromatic N) is 2. The van der Waals surface area contributed by atoms with Gasteiger partial charge < -0.3 is 0 Å². The number of para-hydroxylation sites is 1. The summed E-state index contributed by atoms with van der Waals surface area (Å²) in [6, 6.07) is 8.20. The van der Waals surface area contributed by atoms with E-state index in [0.717, 1.165) is 27.8 Å². The van der Waals surface area contributed by atoms with Gasteiger partial charge in [0.05, 0.1) is 5.69 Å². The highest BCUT2D eigenvalue weighted by Crippen LogP contribution is 2.60. The molecule has 1 N–H and O–H groups in total. The van der Waals surface area contributed by atoms with Crippen LogP contribution in [0.2, 0.25) is 0 Å². The third kappa shape index (κ3) is 1.91. The molecule has 3 nitrogen and oxygen atoms in total. The van der Waals surface area contributed by atoms with Crippen LogP contribution in [0.5, 0.6) is 0 Å². The first-order valence-electron chi connectivity index (χ1n) is 7.19. The van der Waals surface area contributed by atoms with Crippen LogP contribution in [-0.2, 0) is 0 Å². The van der Waals surface area contributed by atoms with E-state index in [2.05, 4.69) is 36.8 Å². The number of fused-ring (bicyclic) bond motifs is 1. The van der Waals surface area contributed by atoms with Gasteiger partial charge in [-0.15, -0.1) is 0 Å². The van der Waals surface area contributed by atoms with Crippen LogP contribution in [0.25, 0.3) is 5.69 Å². The zero-order chi connectivity index (χ0) is 13.7. The lowest BCUT2D eigenvalue weighted by molar-refractivity contribution is 0.480. The molecule has 1 aromatic carbocycles. The topological polar surface area (TPSA) is 33.6 Å². The highest BCUT2D eigenvalue weighted by atomic mass is 79.9. The molecule has 1 aromatic heterocycles. The Labute approximate surface area is 131 Å². The van der Waals surface area contributed by atoms with Crippen LogP contribution < -0.4 is 0 Å². The van der Waals surface area contributed by atoms with Crippen LogP contribution in [0, 0.1) is 16.6 Å². The Bertz CT molecular complexity index is 693. The van der Waals surface area contributed by atoms with E-state index in [-0.39, 0.29) is 0 Å². The van der Waals surface area contributed by atoms with Crippen LogP contribution in [0.15, 0.2) is 28.7 Å². The second kappa shape index (κ2) is 4.81. The second-order valence-electron chi connectivity index (χ2n) is 5.81. The highest BCUT2D eigenvalue weighted by molar-refractivity contribution is 9.10. The van der Waals surface area contributed by atoms with Gasteiger partial charge in [0.1, 0.15) is 5.82 Å². The number of hydrogen-bond donors (Lipinski definition) is 1. The summed E-state index contributed by atoms with van der Waals surface area (Å²) in [5, 5.41) is 7.53. The normalized spacial score (nSPS) is 28.1. The molecule has 0 spiro atoms. The molecule has 2 unspecified atom stereocenters. The Hall–Kier alpha value is -0.940. The fourth-order valence-electron chi connectivity index (χ4n) is 3.77. The average Bonchev–Trinajstić information content (AvgIpc) is 3.08. The van der Waals surface area contributed by atoms with Crippen LogP contribution in [0.3, 0.4) is 0 Å². The molecule has 0 radical (unpaired) electrons. The van der Waals surface area contributed by atoms with Crippen LogP contribution in [-0.4, -0.2) is 14.8 Å². The first-order chi connectivity index (χ1) is 9.77. The zero-order valence-electron chi connectivity index (χ0n) is 11.1. The monoisotopic (exact) mass is 349 g/mol. The van der Waals surface area contributed by atoms with E-state index in [9.17, 15) is 0 Å². The molecule has 2 aromatic rings. The SMILES string of the molecule is S=c1[nH]nc(C2C3CCCCC32)n1-c1ccccc1Br. The first-order valence-corrected chi connectivity index (χ1v) is 8.39. The third-order valence-corrected chi connectivity index (χ3v) is 5.69. The highest BCUT2D eigenvalue weighted by Gasteiger charge is 2.53. The predicted molar refractivity (Wildman–Crippen MR) is 84.6 cm³/mol. The quantitative estimate of drug-likeness (QED) is 0.804. The fourth-order valence-corrected chi connectivity index (χ4v) is 4.47. The maximum absolute atomic E-state index is 5.45. The van der Waals surface area contributed by atoms with Crippen molar-refractivity contribution in [3.63, 3.8) is 0 Å². The van der Waals surface area contributed by atoms with E-state index in [4.69, 9.17) is 12.2 Å². The summed E-state index contributed by atoms with van der Waals surface area (Å²) in [4.78, 5) is 0. The van der Waals surface area contributed by atoms with Crippen molar-refractivity contribution < 1.29 is 0 Å². The zero-order valence-corrected chi connectivity index (χ0v) is 13.5. The lowest BCUT2D eigenvalue weighted by atomic mass is 10.0. The molecule has 5 heteroatoms. The summed E-state index contributed by atoms with van der Waals surface area (Å²) in [6.07, 6.45) is 5.45. The Morgan fingerprint density at radius 3 is 2.60 bits per heavy atom. The third-order valence-electron chi connectivity index (χ3n) is 4.75. The number of hydrogen-bond acceptors (Lipinski definition) is 2. The molecule has 0 aliphatic heterocycles. The molecule has 2 fully saturated rings. The van der Waals surface area contributed by atoms with Crippen molar-refractivity contribution in [1.82, 2.24) is 14.8 Å². The largest absolute Gasteiger partial charge is 0.271 e. The molecule has 4 rings (SSSR count). The fraction of sp³-hybridized carbons (Fsp3) is 0.467. The molecule has 2 saturated carbocycles. The smallest absolute Gasteiger partial charge is 0.199 e. The predicted octanol–water partition coefficient (Wildman–Crippen LogP) is 4.60. The van der Waals surface area contributed by atoms with Crippen molar-refractivity contribution in [1.29, 1.82) is 0 Å². The molecule has 1 heterocycles. The minimum Gasteiger partial charge on any atom is -0.271 e. The van der Waals surface area contributed by atoms with Gasteiger partial charge in [0.15, 0.2) is 4.77 Å². The number of halogens is 1. The summed E-state index contributed by atoms with van der Waals surface area (Å²) >= 11 is 9.07. The number of aromatic amines is 1. The Kier molecular flexibility index (Phi) is 3.07. The van der Waals surface area contributed by atoms with Crippen molar-refractivity contribution in [2.45, 2.75) is 31.6 Å². The average molecular weight is 350 g/mol. The molecular weight excluding hydrogens is 334 g/mol. The van der Waals surface area contributed by atoms with Crippen molar-refractivity contribution >= 4 is 28.1 Å². The molecular formula is C15H16BrN3S. The molecule has 0 saturated heterocycles. The molecule has 2 aliphatic rings. The number of H-pyrrole nitrogens is 1. The van der Waals surface area contributed by atoms with Crippen LogP contribution in [0.1, 0.15) is 37.4 Å². The molecule has 0 bridgehead atoms. The van der Waals surface area contributed by atoms with Gasteiger partial charge >= 0.3 is 0 Å². The minimum atomic E-state index is 0.595. The molecule has 2 atom stereocenters. The van der Waals surface area contributed by atoms with Gasteiger partial charge in [-0.05, 0) is 65.0 Å². The van der Waals surface area contributed by atoms with Crippen molar-refractivity contribution in [2.24, 2.45) is 11.8 Å². The number of nitrogens with one attached hydrogen (secondary N) is 1. The number of rotatable bonds is 2. The Morgan fingerprint density at radius 2 is 1.90 bits per heavy atom. The molecule has 20 heavy (non-hydrogen) atoms. The van der Waals surface area contributed by atoms with E-state index in [1.807, 2.05) is 18.2 Å². The standard InChI is InChI=1S/C15H16BrN3S/c16-11-7-3-4-8-12(11)19-14(17-18-15(19)20)13-9-5-1-2-6-10(9)13/h3-4,7-10,13H,1-2,5-6H2,(H,18,20). The summed E-state index contributed by atoms with van der Waals surface area (Å²) < 4.78 is 3.86.